The van der Waals surface area contributed by atoms with Crippen molar-refractivity contribution >= 4 is 11.3 Å². The lowest BCUT2D eigenvalue weighted by molar-refractivity contribution is 0.169. The Hall–Kier alpha value is -1.79. The second kappa shape index (κ2) is 4.47. The Bertz CT molecular complexity index is 585. The van der Waals surface area contributed by atoms with Gasteiger partial charge in [-0.15, -0.1) is 0 Å². The summed E-state index contributed by atoms with van der Waals surface area (Å²) in [5, 5.41) is 13.7. The molecule has 0 N–H and O–H groups in total. The fourth-order valence-electron chi connectivity index (χ4n) is 2.43. The molecule has 0 spiro atoms. The Morgan fingerprint density at radius 3 is 3.00 bits per heavy atom. The van der Waals surface area contributed by atoms with E-state index in [0.29, 0.717) is 6.61 Å². The monoisotopic (exact) mass is 255 g/mol. The molecule has 0 aliphatic carbocycles. The molecular formula is C15H13NOS. The van der Waals surface area contributed by atoms with E-state index in [9.17, 15) is 5.26 Å². The van der Waals surface area contributed by atoms with Crippen molar-refractivity contribution in [1.29, 1.82) is 5.26 Å². The fourth-order valence-corrected chi connectivity index (χ4v) is 3.10. The van der Waals surface area contributed by atoms with E-state index in [4.69, 9.17) is 4.74 Å². The highest BCUT2D eigenvalue weighted by atomic mass is 32.1. The standard InChI is InChI=1S/C15H13NOS/c16-10-15(7-12-5-6-18-9-12)8-13-3-1-2-4-14(13)17-11-15/h1-6,9H,7-8,11H2. The topological polar surface area (TPSA) is 33.0 Å². The van der Waals surface area contributed by atoms with E-state index < -0.39 is 5.41 Å². The van der Waals surface area contributed by atoms with Gasteiger partial charge in [0.25, 0.3) is 0 Å². The summed E-state index contributed by atoms with van der Waals surface area (Å²) < 4.78 is 5.76. The molecule has 2 aromatic rings. The van der Waals surface area contributed by atoms with Crippen molar-refractivity contribution in [2.45, 2.75) is 12.8 Å². The van der Waals surface area contributed by atoms with Crippen LogP contribution in [0, 0.1) is 16.7 Å². The van der Waals surface area contributed by atoms with Crippen molar-refractivity contribution in [1.82, 2.24) is 0 Å². The molecule has 0 fully saturated rings. The lowest BCUT2D eigenvalue weighted by Crippen LogP contribution is -2.35. The highest BCUT2D eigenvalue weighted by Gasteiger charge is 2.36. The first-order valence-corrected chi connectivity index (χ1v) is 6.89. The van der Waals surface area contributed by atoms with Crippen molar-refractivity contribution in [3.8, 4) is 11.8 Å². The van der Waals surface area contributed by atoms with E-state index in [1.54, 1.807) is 11.3 Å². The van der Waals surface area contributed by atoms with Gasteiger partial charge in [0, 0.05) is 0 Å². The molecule has 0 bridgehead atoms. The molecule has 1 unspecified atom stereocenters. The molecule has 0 saturated carbocycles. The van der Waals surface area contributed by atoms with Gasteiger partial charge in [0.05, 0.1) is 11.5 Å². The minimum Gasteiger partial charge on any atom is -0.492 e. The summed E-state index contributed by atoms with van der Waals surface area (Å²) >= 11 is 1.67. The van der Waals surface area contributed by atoms with Crippen LogP contribution in [-0.2, 0) is 12.8 Å². The number of hydrogen-bond acceptors (Lipinski definition) is 3. The summed E-state index contributed by atoms with van der Waals surface area (Å²) in [5.74, 6) is 0.925. The highest BCUT2D eigenvalue weighted by molar-refractivity contribution is 7.07. The number of nitrogens with zero attached hydrogens (tertiary/aromatic N) is 1. The van der Waals surface area contributed by atoms with E-state index in [1.807, 2.05) is 24.3 Å². The molecule has 18 heavy (non-hydrogen) atoms. The van der Waals surface area contributed by atoms with Gasteiger partial charge in [-0.05, 0) is 46.9 Å². The number of thiophene rings is 1. The number of fused-ring (bicyclic) bond motifs is 1. The van der Waals surface area contributed by atoms with Gasteiger partial charge in [-0.25, -0.2) is 0 Å². The number of hydrogen-bond donors (Lipinski definition) is 0. The predicted octanol–water partition coefficient (Wildman–Crippen LogP) is 3.44. The zero-order chi connectivity index (χ0) is 12.4. The van der Waals surface area contributed by atoms with Gasteiger partial charge in [-0.3, -0.25) is 0 Å². The van der Waals surface area contributed by atoms with Gasteiger partial charge in [-0.1, -0.05) is 18.2 Å². The molecule has 2 nitrogen and oxygen atoms in total. The van der Waals surface area contributed by atoms with E-state index >= 15 is 0 Å². The molecule has 2 heterocycles. The molecular weight excluding hydrogens is 242 g/mol. The molecule has 1 atom stereocenters. The summed E-state index contributed by atoms with van der Waals surface area (Å²) in [7, 11) is 0. The third-order valence-corrected chi connectivity index (χ3v) is 4.10. The fraction of sp³-hybridized carbons (Fsp3) is 0.267. The van der Waals surface area contributed by atoms with E-state index in [1.165, 1.54) is 5.56 Å². The molecule has 1 aromatic heterocycles. The molecule has 0 amide bonds. The van der Waals surface area contributed by atoms with Crippen LogP contribution in [0.5, 0.6) is 5.75 Å². The quantitative estimate of drug-likeness (QED) is 0.823. The summed E-state index contributed by atoms with van der Waals surface area (Å²) in [5.41, 5.74) is 1.94. The van der Waals surface area contributed by atoms with Gasteiger partial charge in [0.15, 0.2) is 0 Å². The number of ether oxygens (including phenoxy) is 1. The second-order valence-electron chi connectivity index (χ2n) is 4.77. The summed E-state index contributed by atoms with van der Waals surface area (Å²) in [6.45, 7) is 0.482. The zero-order valence-corrected chi connectivity index (χ0v) is 10.7. The minimum atomic E-state index is -0.421. The van der Waals surface area contributed by atoms with Crippen LogP contribution in [0.15, 0.2) is 41.1 Å². The van der Waals surface area contributed by atoms with Crippen LogP contribution in [0.2, 0.25) is 0 Å². The predicted molar refractivity (Wildman–Crippen MR) is 71.7 cm³/mol. The van der Waals surface area contributed by atoms with Crippen LogP contribution in [0.4, 0.5) is 0 Å². The first kappa shape index (κ1) is 11.3. The van der Waals surface area contributed by atoms with Crippen LogP contribution in [0.25, 0.3) is 0 Å². The molecule has 1 aromatic carbocycles. The van der Waals surface area contributed by atoms with Gasteiger partial charge in [-0.2, -0.15) is 16.6 Å². The third kappa shape index (κ3) is 2.00. The van der Waals surface area contributed by atoms with Gasteiger partial charge < -0.3 is 4.74 Å². The molecule has 0 radical (unpaired) electrons. The third-order valence-electron chi connectivity index (χ3n) is 3.37. The maximum absolute atomic E-state index is 9.54. The Kier molecular flexibility index (Phi) is 2.81. The number of rotatable bonds is 2. The number of nitriles is 1. The smallest absolute Gasteiger partial charge is 0.122 e. The van der Waals surface area contributed by atoms with Gasteiger partial charge >= 0.3 is 0 Å². The van der Waals surface area contributed by atoms with Crippen molar-refractivity contribution in [2.75, 3.05) is 6.61 Å². The molecule has 0 saturated heterocycles. The Labute approximate surface area is 110 Å². The Morgan fingerprint density at radius 1 is 1.33 bits per heavy atom. The molecule has 90 valence electrons. The minimum absolute atomic E-state index is 0.421. The average molecular weight is 255 g/mol. The van der Waals surface area contributed by atoms with Crippen molar-refractivity contribution in [2.24, 2.45) is 5.41 Å². The van der Waals surface area contributed by atoms with E-state index in [-0.39, 0.29) is 0 Å². The molecule has 3 rings (SSSR count). The number of para-hydroxylation sites is 1. The van der Waals surface area contributed by atoms with E-state index in [0.717, 1.165) is 24.2 Å². The van der Waals surface area contributed by atoms with Crippen molar-refractivity contribution < 1.29 is 4.74 Å². The van der Waals surface area contributed by atoms with Crippen molar-refractivity contribution in [3.63, 3.8) is 0 Å². The molecule has 3 heteroatoms. The van der Waals surface area contributed by atoms with Crippen LogP contribution < -0.4 is 4.74 Å². The van der Waals surface area contributed by atoms with E-state index in [2.05, 4.69) is 22.9 Å². The summed E-state index contributed by atoms with van der Waals surface area (Å²) in [4.78, 5) is 0. The van der Waals surface area contributed by atoms with Crippen molar-refractivity contribution in [3.05, 3.63) is 52.2 Å². The first-order chi connectivity index (χ1) is 8.81. The molecule has 1 aliphatic heterocycles. The van der Waals surface area contributed by atoms with Crippen LogP contribution >= 0.6 is 11.3 Å². The second-order valence-corrected chi connectivity index (χ2v) is 5.55. The Balaban J connectivity index is 1.89. The van der Waals surface area contributed by atoms with Crippen LogP contribution in [0.3, 0.4) is 0 Å². The zero-order valence-electron chi connectivity index (χ0n) is 9.93. The van der Waals surface area contributed by atoms with Gasteiger partial charge in [0.1, 0.15) is 12.4 Å². The lowest BCUT2D eigenvalue weighted by Gasteiger charge is -2.32. The Morgan fingerprint density at radius 2 is 2.22 bits per heavy atom. The normalized spacial score (nSPS) is 21.7. The first-order valence-electron chi connectivity index (χ1n) is 5.94. The SMILES string of the molecule is N#CC1(Cc2ccsc2)COc2ccccc2C1. The average Bonchev–Trinajstić information content (AvgIpc) is 2.91. The van der Waals surface area contributed by atoms with Gasteiger partial charge in [0.2, 0.25) is 0 Å². The maximum atomic E-state index is 9.54. The molecule has 1 aliphatic rings. The lowest BCUT2D eigenvalue weighted by atomic mass is 9.77. The largest absolute Gasteiger partial charge is 0.492 e. The van der Waals surface area contributed by atoms with Crippen LogP contribution in [0.1, 0.15) is 11.1 Å². The maximum Gasteiger partial charge on any atom is 0.122 e. The summed E-state index contributed by atoms with van der Waals surface area (Å²) in [6.07, 6.45) is 1.54. The van der Waals surface area contributed by atoms with Crippen LogP contribution in [-0.4, -0.2) is 6.61 Å². The number of benzene rings is 1. The highest BCUT2D eigenvalue weighted by Crippen LogP contribution is 2.36. The summed E-state index contributed by atoms with van der Waals surface area (Å²) in [6, 6.07) is 12.6.